The Morgan fingerprint density at radius 3 is 2.50 bits per heavy atom. The van der Waals surface area contributed by atoms with Gasteiger partial charge in [0.2, 0.25) is 0 Å². The van der Waals surface area contributed by atoms with Crippen LogP contribution in [0.25, 0.3) is 0 Å². The number of rotatable bonds is 6. The molecule has 1 atom stereocenters. The number of anilines is 1. The van der Waals surface area contributed by atoms with Gasteiger partial charge in [-0.1, -0.05) is 48.0 Å². The third-order valence-electron chi connectivity index (χ3n) is 3.19. The molecule has 0 radical (unpaired) electrons. The maximum absolute atomic E-state index is 9.50. The van der Waals surface area contributed by atoms with Crippen molar-refractivity contribution in [1.82, 2.24) is 0 Å². The first-order valence-corrected chi connectivity index (χ1v) is 7.00. The second kappa shape index (κ2) is 7.29. The molecule has 3 nitrogen and oxygen atoms in total. The largest absolute Gasteiger partial charge is 0.394 e. The minimum atomic E-state index is -0.0443. The first-order chi connectivity index (χ1) is 9.72. The van der Waals surface area contributed by atoms with Gasteiger partial charge in [-0.25, -0.2) is 0 Å². The minimum absolute atomic E-state index is 0.0443. The van der Waals surface area contributed by atoms with Gasteiger partial charge in [0.1, 0.15) is 0 Å². The molecule has 4 heteroatoms. The van der Waals surface area contributed by atoms with Crippen molar-refractivity contribution in [3.8, 4) is 0 Å². The summed E-state index contributed by atoms with van der Waals surface area (Å²) in [5.41, 5.74) is 8.58. The number of hydrogen-bond acceptors (Lipinski definition) is 3. The molecule has 2 aromatic rings. The summed E-state index contributed by atoms with van der Waals surface area (Å²) in [6, 6.07) is 15.7. The maximum atomic E-state index is 9.50. The maximum Gasteiger partial charge on any atom is 0.0636 e. The molecule has 0 aliphatic carbocycles. The molecule has 0 amide bonds. The highest BCUT2D eigenvalue weighted by molar-refractivity contribution is 6.31. The van der Waals surface area contributed by atoms with E-state index in [-0.39, 0.29) is 12.6 Å². The van der Waals surface area contributed by atoms with Gasteiger partial charge in [-0.05, 0) is 29.7 Å². The van der Waals surface area contributed by atoms with Gasteiger partial charge in [-0.15, -0.1) is 0 Å². The summed E-state index contributed by atoms with van der Waals surface area (Å²) in [6.45, 7) is 0.484. The number of hydrogen-bond donors (Lipinski definition) is 3. The summed E-state index contributed by atoms with van der Waals surface area (Å²) in [6.07, 6.45) is 0.758. The van der Waals surface area contributed by atoms with Gasteiger partial charge >= 0.3 is 0 Å². The Morgan fingerprint density at radius 1 is 1.15 bits per heavy atom. The smallest absolute Gasteiger partial charge is 0.0636 e. The second-order valence-corrected chi connectivity index (χ2v) is 5.13. The third-order valence-corrected chi connectivity index (χ3v) is 3.54. The van der Waals surface area contributed by atoms with Gasteiger partial charge in [0.25, 0.3) is 0 Å². The molecule has 2 rings (SSSR count). The second-order valence-electron chi connectivity index (χ2n) is 4.72. The summed E-state index contributed by atoms with van der Waals surface area (Å²) in [5, 5.41) is 13.4. The lowest BCUT2D eigenvalue weighted by atomic mass is 10.1. The number of nitrogens with two attached hydrogens (primary N) is 1. The van der Waals surface area contributed by atoms with Crippen molar-refractivity contribution in [2.24, 2.45) is 5.73 Å². The van der Waals surface area contributed by atoms with Crippen LogP contribution in [0, 0.1) is 0 Å². The molecule has 2 aromatic carbocycles. The van der Waals surface area contributed by atoms with E-state index in [1.165, 1.54) is 5.56 Å². The van der Waals surface area contributed by atoms with Gasteiger partial charge in [0, 0.05) is 17.3 Å². The van der Waals surface area contributed by atoms with E-state index < -0.39 is 0 Å². The van der Waals surface area contributed by atoms with Crippen molar-refractivity contribution < 1.29 is 5.11 Å². The molecule has 0 saturated carbocycles. The molecule has 0 fully saturated rings. The van der Waals surface area contributed by atoms with Gasteiger partial charge in [-0.2, -0.15) is 0 Å². The topological polar surface area (TPSA) is 58.3 Å². The van der Waals surface area contributed by atoms with Crippen LogP contribution >= 0.6 is 11.6 Å². The van der Waals surface area contributed by atoms with Crippen LogP contribution in [0.2, 0.25) is 5.02 Å². The molecular formula is C16H19ClN2O. The zero-order valence-corrected chi connectivity index (χ0v) is 12.0. The molecule has 0 saturated heterocycles. The molecule has 0 aliphatic rings. The fourth-order valence-corrected chi connectivity index (χ4v) is 2.36. The van der Waals surface area contributed by atoms with Gasteiger partial charge < -0.3 is 16.2 Å². The molecule has 0 heterocycles. The van der Waals surface area contributed by atoms with E-state index in [2.05, 4.69) is 17.4 Å². The van der Waals surface area contributed by atoms with Gasteiger partial charge in [0.05, 0.1) is 12.6 Å². The minimum Gasteiger partial charge on any atom is -0.394 e. The van der Waals surface area contributed by atoms with Crippen molar-refractivity contribution in [2.75, 3.05) is 11.9 Å². The van der Waals surface area contributed by atoms with E-state index in [0.29, 0.717) is 11.6 Å². The zero-order chi connectivity index (χ0) is 14.4. The van der Waals surface area contributed by atoms with Crippen LogP contribution in [0.15, 0.2) is 48.5 Å². The highest BCUT2D eigenvalue weighted by Gasteiger charge is 2.09. The Balaban J connectivity index is 2.04. The molecule has 4 N–H and O–H groups in total. The quantitative estimate of drug-likeness (QED) is 0.767. The predicted octanol–water partition coefficient (Wildman–Crippen LogP) is 2.81. The molecule has 106 valence electrons. The predicted molar refractivity (Wildman–Crippen MR) is 84.0 cm³/mol. The number of aliphatic hydroxyl groups is 1. The Bertz CT molecular complexity index is 545. The van der Waals surface area contributed by atoms with Crippen molar-refractivity contribution >= 4 is 17.3 Å². The molecule has 0 spiro atoms. The monoisotopic (exact) mass is 290 g/mol. The summed E-state index contributed by atoms with van der Waals surface area (Å²) in [4.78, 5) is 0. The van der Waals surface area contributed by atoms with E-state index in [9.17, 15) is 5.11 Å². The lowest BCUT2D eigenvalue weighted by Crippen LogP contribution is -2.26. The normalized spacial score (nSPS) is 12.2. The molecule has 1 unspecified atom stereocenters. The van der Waals surface area contributed by atoms with Crippen molar-refractivity contribution in [1.29, 1.82) is 0 Å². The van der Waals surface area contributed by atoms with Crippen LogP contribution in [0.4, 0.5) is 5.69 Å². The van der Waals surface area contributed by atoms with E-state index in [0.717, 1.165) is 17.7 Å². The van der Waals surface area contributed by atoms with Crippen LogP contribution in [-0.4, -0.2) is 17.8 Å². The Hall–Kier alpha value is -1.55. The molecule has 20 heavy (non-hydrogen) atoms. The van der Waals surface area contributed by atoms with Crippen LogP contribution in [0.1, 0.15) is 11.1 Å². The van der Waals surface area contributed by atoms with Crippen molar-refractivity contribution in [2.45, 2.75) is 19.0 Å². The average Bonchev–Trinajstić information content (AvgIpc) is 2.48. The lowest BCUT2D eigenvalue weighted by Gasteiger charge is -2.18. The van der Waals surface area contributed by atoms with Gasteiger partial charge in [0.15, 0.2) is 0 Å². The third kappa shape index (κ3) is 3.97. The summed E-state index contributed by atoms with van der Waals surface area (Å²) in [5.74, 6) is 0. The van der Waals surface area contributed by atoms with Crippen LogP contribution in [0.3, 0.4) is 0 Å². The van der Waals surface area contributed by atoms with Gasteiger partial charge in [-0.3, -0.25) is 0 Å². The van der Waals surface area contributed by atoms with E-state index in [4.69, 9.17) is 17.3 Å². The highest BCUT2D eigenvalue weighted by atomic mass is 35.5. The van der Waals surface area contributed by atoms with Crippen molar-refractivity contribution in [3.63, 3.8) is 0 Å². The number of nitrogens with one attached hydrogen (secondary N) is 1. The Labute approximate surface area is 124 Å². The van der Waals surface area contributed by atoms with Crippen molar-refractivity contribution in [3.05, 3.63) is 64.7 Å². The number of benzene rings is 2. The van der Waals surface area contributed by atoms with E-state index in [1.54, 1.807) is 0 Å². The Kier molecular flexibility index (Phi) is 5.41. The SMILES string of the molecule is NCc1ccc(NC(CO)Cc2ccccc2)cc1Cl. The first kappa shape index (κ1) is 14.9. The Morgan fingerprint density at radius 2 is 1.90 bits per heavy atom. The van der Waals surface area contributed by atoms with Crippen LogP contribution < -0.4 is 11.1 Å². The summed E-state index contributed by atoms with van der Waals surface area (Å²) >= 11 is 6.13. The fourth-order valence-electron chi connectivity index (χ4n) is 2.10. The van der Waals surface area contributed by atoms with E-state index >= 15 is 0 Å². The molecule has 0 aliphatic heterocycles. The molecule has 0 bridgehead atoms. The van der Waals surface area contributed by atoms with E-state index in [1.807, 2.05) is 36.4 Å². The number of aliphatic hydroxyl groups excluding tert-OH is 1. The standard InChI is InChI=1S/C16H19ClN2O/c17-16-9-14(7-6-13(16)10-18)19-15(11-20)8-12-4-2-1-3-5-12/h1-7,9,15,19-20H,8,10-11,18H2. The van der Waals surface area contributed by atoms with Crippen LogP contribution in [0.5, 0.6) is 0 Å². The zero-order valence-electron chi connectivity index (χ0n) is 11.2. The average molecular weight is 291 g/mol. The molecular weight excluding hydrogens is 272 g/mol. The molecule has 0 aromatic heterocycles. The first-order valence-electron chi connectivity index (χ1n) is 6.62. The fraction of sp³-hybridized carbons (Fsp3) is 0.250. The number of halogens is 1. The van der Waals surface area contributed by atoms with Crippen LogP contribution in [-0.2, 0) is 13.0 Å². The summed E-state index contributed by atoms with van der Waals surface area (Å²) in [7, 11) is 0. The lowest BCUT2D eigenvalue weighted by molar-refractivity contribution is 0.273. The highest BCUT2D eigenvalue weighted by Crippen LogP contribution is 2.21. The summed E-state index contributed by atoms with van der Waals surface area (Å²) < 4.78 is 0.